The third-order valence-electron chi connectivity index (χ3n) is 3.08. The molecule has 0 spiro atoms. The zero-order valence-electron chi connectivity index (χ0n) is 11.1. The molecule has 0 aliphatic rings. The standard InChI is InChI=1S/C16H14ClN3/c1-11-6-7-14(13(17)8-11)18-9-12-10-19-15-4-2-3-5-16(15)20-12/h2-8,10,18H,9H2,1H3. The van der Waals surface area contributed by atoms with E-state index in [1.165, 1.54) is 0 Å². The van der Waals surface area contributed by atoms with Crippen LogP contribution in [0.25, 0.3) is 11.0 Å². The molecule has 1 heterocycles. The Morgan fingerprint density at radius 3 is 2.70 bits per heavy atom. The number of nitrogens with zero attached hydrogens (tertiary/aromatic N) is 2. The second kappa shape index (κ2) is 5.47. The van der Waals surface area contributed by atoms with Gasteiger partial charge in [0, 0.05) is 0 Å². The first-order valence-corrected chi connectivity index (χ1v) is 6.81. The lowest BCUT2D eigenvalue weighted by atomic mass is 10.2. The summed E-state index contributed by atoms with van der Waals surface area (Å²) in [6, 6.07) is 13.8. The summed E-state index contributed by atoms with van der Waals surface area (Å²) < 4.78 is 0. The number of rotatable bonds is 3. The minimum Gasteiger partial charge on any atom is -0.378 e. The quantitative estimate of drug-likeness (QED) is 0.783. The summed E-state index contributed by atoms with van der Waals surface area (Å²) in [7, 11) is 0. The lowest BCUT2D eigenvalue weighted by molar-refractivity contribution is 1.04. The summed E-state index contributed by atoms with van der Waals surface area (Å²) in [5.41, 5.74) is 4.75. The molecule has 3 nitrogen and oxygen atoms in total. The SMILES string of the molecule is Cc1ccc(NCc2cnc3ccccc3n2)c(Cl)c1. The molecule has 0 aliphatic carbocycles. The topological polar surface area (TPSA) is 37.8 Å². The van der Waals surface area contributed by atoms with E-state index in [2.05, 4.69) is 15.3 Å². The van der Waals surface area contributed by atoms with Crippen molar-refractivity contribution < 1.29 is 0 Å². The Bertz CT molecular complexity index is 756. The van der Waals surface area contributed by atoms with Crippen LogP contribution in [-0.2, 0) is 6.54 Å². The van der Waals surface area contributed by atoms with Gasteiger partial charge in [-0.05, 0) is 36.8 Å². The van der Waals surface area contributed by atoms with Gasteiger partial charge in [-0.15, -0.1) is 0 Å². The first-order valence-electron chi connectivity index (χ1n) is 6.43. The number of aryl methyl sites for hydroxylation is 1. The summed E-state index contributed by atoms with van der Waals surface area (Å²) in [5, 5.41) is 4.01. The average Bonchev–Trinajstić information content (AvgIpc) is 2.46. The molecule has 3 aromatic rings. The van der Waals surface area contributed by atoms with Crippen molar-refractivity contribution in [1.82, 2.24) is 9.97 Å². The predicted octanol–water partition coefficient (Wildman–Crippen LogP) is 4.20. The maximum absolute atomic E-state index is 6.19. The van der Waals surface area contributed by atoms with Crippen molar-refractivity contribution >= 4 is 28.3 Å². The van der Waals surface area contributed by atoms with E-state index in [0.717, 1.165) is 33.0 Å². The Balaban J connectivity index is 1.79. The number of fused-ring (bicyclic) bond motifs is 1. The minimum absolute atomic E-state index is 0.598. The maximum atomic E-state index is 6.19. The van der Waals surface area contributed by atoms with E-state index in [1.54, 1.807) is 6.20 Å². The molecule has 0 unspecified atom stereocenters. The normalized spacial score (nSPS) is 10.7. The molecule has 0 amide bonds. The molecule has 2 aromatic carbocycles. The summed E-state index contributed by atoms with van der Waals surface area (Å²) in [5.74, 6) is 0. The lowest BCUT2D eigenvalue weighted by Gasteiger charge is -2.09. The van der Waals surface area contributed by atoms with Gasteiger partial charge in [-0.3, -0.25) is 4.98 Å². The predicted molar refractivity (Wildman–Crippen MR) is 83.1 cm³/mol. The Morgan fingerprint density at radius 2 is 1.90 bits per heavy atom. The fourth-order valence-electron chi connectivity index (χ4n) is 2.03. The first kappa shape index (κ1) is 12.9. The first-order chi connectivity index (χ1) is 9.72. The van der Waals surface area contributed by atoms with Crippen LogP contribution < -0.4 is 5.32 Å². The average molecular weight is 284 g/mol. The van der Waals surface area contributed by atoms with Crippen LogP contribution in [0.2, 0.25) is 5.02 Å². The van der Waals surface area contributed by atoms with Crippen molar-refractivity contribution in [1.29, 1.82) is 0 Å². The van der Waals surface area contributed by atoms with Crippen molar-refractivity contribution in [3.05, 3.63) is 64.9 Å². The minimum atomic E-state index is 0.598. The highest BCUT2D eigenvalue weighted by Gasteiger charge is 2.02. The van der Waals surface area contributed by atoms with Gasteiger partial charge < -0.3 is 5.32 Å². The van der Waals surface area contributed by atoms with E-state index in [0.29, 0.717) is 6.54 Å². The molecule has 0 radical (unpaired) electrons. The van der Waals surface area contributed by atoms with Gasteiger partial charge in [0.2, 0.25) is 0 Å². The molecule has 1 N–H and O–H groups in total. The highest BCUT2D eigenvalue weighted by Crippen LogP contribution is 2.23. The molecule has 0 bridgehead atoms. The second-order valence-electron chi connectivity index (χ2n) is 4.69. The van der Waals surface area contributed by atoms with Crippen molar-refractivity contribution in [2.75, 3.05) is 5.32 Å². The number of aromatic nitrogens is 2. The number of nitrogens with one attached hydrogen (secondary N) is 1. The van der Waals surface area contributed by atoms with Crippen molar-refractivity contribution in [3.8, 4) is 0 Å². The Hall–Kier alpha value is -2.13. The van der Waals surface area contributed by atoms with E-state index in [-0.39, 0.29) is 0 Å². The Labute approximate surface area is 122 Å². The number of para-hydroxylation sites is 2. The summed E-state index contributed by atoms with van der Waals surface area (Å²) >= 11 is 6.19. The van der Waals surface area contributed by atoms with E-state index < -0.39 is 0 Å². The number of halogens is 1. The molecule has 1 aromatic heterocycles. The van der Waals surface area contributed by atoms with Crippen LogP contribution >= 0.6 is 11.6 Å². The summed E-state index contributed by atoms with van der Waals surface area (Å²) in [6.45, 7) is 2.62. The summed E-state index contributed by atoms with van der Waals surface area (Å²) in [6.07, 6.45) is 1.79. The number of benzene rings is 2. The van der Waals surface area contributed by atoms with Crippen LogP contribution in [0.15, 0.2) is 48.7 Å². The van der Waals surface area contributed by atoms with Crippen molar-refractivity contribution in [2.24, 2.45) is 0 Å². The fraction of sp³-hybridized carbons (Fsp3) is 0.125. The monoisotopic (exact) mass is 283 g/mol. The third kappa shape index (κ3) is 2.73. The second-order valence-corrected chi connectivity index (χ2v) is 5.09. The molecule has 0 atom stereocenters. The smallest absolute Gasteiger partial charge is 0.0890 e. The highest BCUT2D eigenvalue weighted by molar-refractivity contribution is 6.33. The number of anilines is 1. The molecule has 0 aliphatic heterocycles. The number of hydrogen-bond donors (Lipinski definition) is 1. The summed E-state index contributed by atoms with van der Waals surface area (Å²) in [4.78, 5) is 8.96. The van der Waals surface area contributed by atoms with Gasteiger partial charge in [0.05, 0.1) is 40.2 Å². The van der Waals surface area contributed by atoms with Crippen LogP contribution in [0.1, 0.15) is 11.3 Å². The fourth-order valence-corrected chi connectivity index (χ4v) is 2.33. The van der Waals surface area contributed by atoms with Crippen molar-refractivity contribution in [3.63, 3.8) is 0 Å². The van der Waals surface area contributed by atoms with Gasteiger partial charge in [-0.1, -0.05) is 29.8 Å². The molecule has 4 heteroatoms. The third-order valence-corrected chi connectivity index (χ3v) is 3.40. The van der Waals surface area contributed by atoms with Gasteiger partial charge in [-0.2, -0.15) is 0 Å². The zero-order chi connectivity index (χ0) is 13.9. The van der Waals surface area contributed by atoms with E-state index >= 15 is 0 Å². The van der Waals surface area contributed by atoms with Crippen LogP contribution in [0, 0.1) is 6.92 Å². The highest BCUT2D eigenvalue weighted by atomic mass is 35.5. The maximum Gasteiger partial charge on any atom is 0.0890 e. The van der Waals surface area contributed by atoms with Crippen LogP contribution in [0.5, 0.6) is 0 Å². The van der Waals surface area contributed by atoms with Crippen LogP contribution in [-0.4, -0.2) is 9.97 Å². The molecule has 3 rings (SSSR count). The van der Waals surface area contributed by atoms with Gasteiger partial charge in [0.15, 0.2) is 0 Å². The molecule has 0 saturated heterocycles. The van der Waals surface area contributed by atoms with Gasteiger partial charge in [0.1, 0.15) is 0 Å². The van der Waals surface area contributed by atoms with Crippen LogP contribution in [0.4, 0.5) is 5.69 Å². The van der Waals surface area contributed by atoms with Gasteiger partial charge in [-0.25, -0.2) is 4.98 Å². The largest absolute Gasteiger partial charge is 0.378 e. The zero-order valence-corrected chi connectivity index (χ0v) is 11.9. The lowest BCUT2D eigenvalue weighted by Crippen LogP contribution is -2.03. The number of hydrogen-bond acceptors (Lipinski definition) is 3. The molecule has 0 saturated carbocycles. The molecule has 0 fully saturated rings. The molecular weight excluding hydrogens is 270 g/mol. The molecule has 100 valence electrons. The van der Waals surface area contributed by atoms with E-state index in [9.17, 15) is 0 Å². The molecular formula is C16H14ClN3. The Kier molecular flexibility index (Phi) is 3.52. The van der Waals surface area contributed by atoms with Gasteiger partial charge >= 0.3 is 0 Å². The van der Waals surface area contributed by atoms with Crippen molar-refractivity contribution in [2.45, 2.75) is 13.5 Å². The molecule has 20 heavy (non-hydrogen) atoms. The van der Waals surface area contributed by atoms with E-state index in [1.807, 2.05) is 49.4 Å². The van der Waals surface area contributed by atoms with Crippen LogP contribution in [0.3, 0.4) is 0 Å². The van der Waals surface area contributed by atoms with Gasteiger partial charge in [0.25, 0.3) is 0 Å². The Morgan fingerprint density at radius 1 is 1.10 bits per heavy atom. The van der Waals surface area contributed by atoms with E-state index in [4.69, 9.17) is 11.6 Å².